The molecule has 2 fully saturated rings. The number of morpholine rings is 1. The molecule has 1 N–H and O–H groups in total. The molecule has 0 amide bonds. The van der Waals surface area contributed by atoms with Crippen molar-refractivity contribution in [3.63, 3.8) is 0 Å². The zero-order valence-electron chi connectivity index (χ0n) is 11.0. The van der Waals surface area contributed by atoms with Gasteiger partial charge in [-0.15, -0.1) is 0 Å². The van der Waals surface area contributed by atoms with E-state index in [1.807, 2.05) is 0 Å². The minimum Gasteiger partial charge on any atom is -0.393 e. The van der Waals surface area contributed by atoms with E-state index in [0.717, 1.165) is 32.5 Å². The molecule has 4 nitrogen and oxygen atoms in total. The van der Waals surface area contributed by atoms with Crippen LogP contribution in [0.3, 0.4) is 0 Å². The van der Waals surface area contributed by atoms with Gasteiger partial charge in [0.1, 0.15) is 0 Å². The molecule has 17 heavy (non-hydrogen) atoms. The van der Waals surface area contributed by atoms with Crippen LogP contribution in [0, 0.1) is 5.92 Å². The fourth-order valence-corrected chi connectivity index (χ4v) is 2.77. The van der Waals surface area contributed by atoms with Crippen molar-refractivity contribution in [2.24, 2.45) is 5.92 Å². The predicted molar refractivity (Wildman–Crippen MR) is 66.0 cm³/mol. The van der Waals surface area contributed by atoms with Crippen LogP contribution in [0.1, 0.15) is 26.7 Å². The maximum absolute atomic E-state index is 9.99. The lowest BCUT2D eigenvalue weighted by molar-refractivity contribution is -0.0901. The Labute approximate surface area is 104 Å². The van der Waals surface area contributed by atoms with Crippen LogP contribution in [0.2, 0.25) is 0 Å². The first kappa shape index (κ1) is 13.3. The van der Waals surface area contributed by atoms with Crippen LogP contribution in [0.25, 0.3) is 0 Å². The maximum Gasteiger partial charge on any atom is 0.0674 e. The number of rotatable bonds is 3. The summed E-state index contributed by atoms with van der Waals surface area (Å²) < 4.78 is 11.2. The second-order valence-corrected chi connectivity index (χ2v) is 5.35. The van der Waals surface area contributed by atoms with Crippen molar-refractivity contribution in [1.82, 2.24) is 4.90 Å². The normalized spacial score (nSPS) is 40.4. The van der Waals surface area contributed by atoms with Gasteiger partial charge < -0.3 is 14.6 Å². The van der Waals surface area contributed by atoms with Gasteiger partial charge in [0.05, 0.1) is 25.4 Å². The summed E-state index contributed by atoms with van der Waals surface area (Å²) in [5, 5.41) is 9.99. The summed E-state index contributed by atoms with van der Waals surface area (Å²) in [4.78, 5) is 2.47. The Morgan fingerprint density at radius 1 is 1.35 bits per heavy atom. The van der Waals surface area contributed by atoms with Crippen LogP contribution in [0.4, 0.5) is 0 Å². The molecule has 2 rings (SSSR count). The highest BCUT2D eigenvalue weighted by atomic mass is 16.5. The molecule has 0 bridgehead atoms. The van der Waals surface area contributed by atoms with Gasteiger partial charge >= 0.3 is 0 Å². The van der Waals surface area contributed by atoms with E-state index < -0.39 is 0 Å². The van der Waals surface area contributed by atoms with Crippen LogP contribution in [0.15, 0.2) is 0 Å². The molecule has 2 aliphatic rings. The number of hydrogen-bond acceptors (Lipinski definition) is 4. The van der Waals surface area contributed by atoms with Gasteiger partial charge in [0.25, 0.3) is 0 Å². The third-order valence-corrected chi connectivity index (χ3v) is 3.96. The van der Waals surface area contributed by atoms with Crippen molar-refractivity contribution >= 4 is 0 Å². The van der Waals surface area contributed by atoms with Crippen molar-refractivity contribution in [2.75, 3.05) is 32.9 Å². The molecule has 0 radical (unpaired) electrons. The molecule has 4 atom stereocenters. The van der Waals surface area contributed by atoms with Gasteiger partial charge in [-0.25, -0.2) is 0 Å². The second-order valence-electron chi connectivity index (χ2n) is 5.35. The number of nitrogens with zero attached hydrogens (tertiary/aromatic N) is 1. The van der Waals surface area contributed by atoms with Gasteiger partial charge in [-0.2, -0.15) is 0 Å². The molecule has 0 aromatic carbocycles. The first-order valence-corrected chi connectivity index (χ1v) is 6.82. The quantitative estimate of drug-likeness (QED) is 0.799. The number of aliphatic hydroxyl groups excluding tert-OH is 1. The summed E-state index contributed by atoms with van der Waals surface area (Å²) in [6.45, 7) is 8.45. The average Bonchev–Trinajstić information content (AvgIpc) is 2.32. The molecule has 0 spiro atoms. The van der Waals surface area contributed by atoms with E-state index in [1.165, 1.54) is 0 Å². The molecule has 0 saturated carbocycles. The topological polar surface area (TPSA) is 41.9 Å². The largest absolute Gasteiger partial charge is 0.393 e. The third kappa shape index (κ3) is 3.41. The smallest absolute Gasteiger partial charge is 0.0674 e. The Morgan fingerprint density at radius 3 is 2.88 bits per heavy atom. The molecule has 4 unspecified atom stereocenters. The van der Waals surface area contributed by atoms with E-state index in [9.17, 15) is 5.11 Å². The zero-order valence-corrected chi connectivity index (χ0v) is 11.0. The first-order chi connectivity index (χ1) is 8.20. The van der Waals surface area contributed by atoms with Crippen molar-refractivity contribution < 1.29 is 14.6 Å². The maximum atomic E-state index is 9.99. The molecule has 0 aromatic rings. The molecule has 100 valence electrons. The van der Waals surface area contributed by atoms with E-state index >= 15 is 0 Å². The summed E-state index contributed by atoms with van der Waals surface area (Å²) in [5.41, 5.74) is 0. The zero-order chi connectivity index (χ0) is 12.3. The van der Waals surface area contributed by atoms with Crippen molar-refractivity contribution in [3.05, 3.63) is 0 Å². The van der Waals surface area contributed by atoms with E-state index in [-0.39, 0.29) is 12.0 Å². The standard InChI is InChI=1S/C13H25NO3/c1-3-12-9-17-10(2)6-14(12)7-11-8-16-5-4-13(11)15/h10-13,15H,3-9H2,1-2H3. The van der Waals surface area contributed by atoms with E-state index in [0.29, 0.717) is 25.4 Å². The SMILES string of the molecule is CCC1COC(C)CN1CC1COCCC1O. The summed E-state index contributed by atoms with van der Waals surface area (Å²) in [5.74, 6) is 0.267. The number of ether oxygens (including phenoxy) is 2. The molecule has 0 aromatic heterocycles. The van der Waals surface area contributed by atoms with Gasteiger partial charge in [-0.3, -0.25) is 4.90 Å². The number of hydrogen-bond donors (Lipinski definition) is 1. The highest BCUT2D eigenvalue weighted by Crippen LogP contribution is 2.21. The van der Waals surface area contributed by atoms with Crippen LogP contribution >= 0.6 is 0 Å². The van der Waals surface area contributed by atoms with E-state index in [1.54, 1.807) is 0 Å². The van der Waals surface area contributed by atoms with Crippen LogP contribution in [-0.2, 0) is 9.47 Å². The summed E-state index contributed by atoms with van der Waals surface area (Å²) >= 11 is 0. The lowest BCUT2D eigenvalue weighted by Gasteiger charge is -2.41. The predicted octanol–water partition coefficient (Wildman–Crippen LogP) is 0.883. The van der Waals surface area contributed by atoms with Gasteiger partial charge in [-0.05, 0) is 19.8 Å². The summed E-state index contributed by atoms with van der Waals surface area (Å²) in [6, 6.07) is 0.500. The molecule has 0 aliphatic carbocycles. The Balaban J connectivity index is 1.90. The Morgan fingerprint density at radius 2 is 2.18 bits per heavy atom. The van der Waals surface area contributed by atoms with Crippen LogP contribution < -0.4 is 0 Å². The highest BCUT2D eigenvalue weighted by Gasteiger charge is 2.31. The van der Waals surface area contributed by atoms with Gasteiger partial charge in [-0.1, -0.05) is 6.92 Å². The van der Waals surface area contributed by atoms with Crippen LogP contribution in [-0.4, -0.2) is 61.2 Å². The Bertz CT molecular complexity index is 237. The minimum absolute atomic E-state index is 0.195. The summed E-state index contributed by atoms with van der Waals surface area (Å²) in [7, 11) is 0. The van der Waals surface area contributed by atoms with Crippen molar-refractivity contribution in [3.8, 4) is 0 Å². The minimum atomic E-state index is -0.195. The fraction of sp³-hybridized carbons (Fsp3) is 1.00. The van der Waals surface area contributed by atoms with Gasteiger partial charge in [0.15, 0.2) is 0 Å². The Hall–Kier alpha value is -0.160. The van der Waals surface area contributed by atoms with Crippen molar-refractivity contribution in [2.45, 2.75) is 44.9 Å². The van der Waals surface area contributed by atoms with Gasteiger partial charge in [0, 0.05) is 31.7 Å². The van der Waals surface area contributed by atoms with Gasteiger partial charge in [0.2, 0.25) is 0 Å². The first-order valence-electron chi connectivity index (χ1n) is 6.82. The molecule has 2 aliphatic heterocycles. The average molecular weight is 243 g/mol. The molecule has 4 heteroatoms. The van der Waals surface area contributed by atoms with Crippen LogP contribution in [0.5, 0.6) is 0 Å². The Kier molecular flexibility index (Phi) is 4.79. The van der Waals surface area contributed by atoms with E-state index in [2.05, 4.69) is 18.7 Å². The molecular formula is C13H25NO3. The van der Waals surface area contributed by atoms with E-state index in [4.69, 9.17) is 9.47 Å². The highest BCUT2D eigenvalue weighted by molar-refractivity contribution is 4.83. The second kappa shape index (κ2) is 6.14. The lowest BCUT2D eigenvalue weighted by atomic mass is 9.96. The fourth-order valence-electron chi connectivity index (χ4n) is 2.77. The monoisotopic (exact) mass is 243 g/mol. The lowest BCUT2D eigenvalue weighted by Crippen LogP contribution is -2.52. The number of aliphatic hydroxyl groups is 1. The molecule has 2 heterocycles. The van der Waals surface area contributed by atoms with Crippen molar-refractivity contribution in [1.29, 1.82) is 0 Å². The molecular weight excluding hydrogens is 218 g/mol. The third-order valence-electron chi connectivity index (χ3n) is 3.96. The molecule has 2 saturated heterocycles. The summed E-state index contributed by atoms with van der Waals surface area (Å²) in [6.07, 6.45) is 2.00.